The molecular formula is C28H35F2N7. The molecule has 0 spiro atoms. The fraction of sp³-hybridized carbons (Fsp3) is 0.321. The molecule has 1 aliphatic carbocycles. The lowest BCUT2D eigenvalue weighted by Crippen LogP contribution is -2.42. The normalized spacial score (nSPS) is 19.3. The smallest absolute Gasteiger partial charge is 0.168 e. The van der Waals surface area contributed by atoms with Crippen molar-refractivity contribution in [2.45, 2.75) is 51.9 Å². The molecule has 9 heteroatoms. The average Bonchev–Trinajstić information content (AvgIpc) is 2.89. The number of aliphatic imine (C=N–C) groups is 1. The number of terminal acetylenes is 1. The van der Waals surface area contributed by atoms with Gasteiger partial charge in [0.05, 0.1) is 29.4 Å². The molecule has 4 rings (SSSR count). The van der Waals surface area contributed by atoms with Crippen LogP contribution in [0.4, 0.5) is 8.78 Å². The van der Waals surface area contributed by atoms with Crippen molar-refractivity contribution in [2.75, 3.05) is 6.54 Å². The molecule has 0 saturated heterocycles. The summed E-state index contributed by atoms with van der Waals surface area (Å²) in [6.07, 6.45) is 16.3. The molecule has 196 valence electrons. The number of amidine groups is 1. The number of nitrogens with one attached hydrogen (secondary N) is 2. The van der Waals surface area contributed by atoms with Crippen molar-refractivity contribution >= 4 is 11.5 Å². The second-order valence-corrected chi connectivity index (χ2v) is 8.84. The van der Waals surface area contributed by atoms with Gasteiger partial charge in [0.15, 0.2) is 5.84 Å². The maximum Gasteiger partial charge on any atom is 0.168 e. The van der Waals surface area contributed by atoms with Gasteiger partial charge in [-0.2, -0.15) is 0 Å². The van der Waals surface area contributed by atoms with Crippen molar-refractivity contribution in [1.82, 2.24) is 20.8 Å². The summed E-state index contributed by atoms with van der Waals surface area (Å²) in [5, 5.41) is 0. The predicted molar refractivity (Wildman–Crippen MR) is 146 cm³/mol. The molecule has 1 aromatic carbocycles. The molecule has 2 aromatic rings. The van der Waals surface area contributed by atoms with E-state index < -0.39 is 17.0 Å². The number of allylic oxidation sites excluding steroid dienone is 3. The van der Waals surface area contributed by atoms with Crippen molar-refractivity contribution in [1.29, 1.82) is 0 Å². The van der Waals surface area contributed by atoms with Gasteiger partial charge in [0, 0.05) is 23.3 Å². The van der Waals surface area contributed by atoms with E-state index >= 15 is 0 Å². The number of hydrazine groups is 1. The molecule has 0 radical (unpaired) electrons. The second-order valence-electron chi connectivity index (χ2n) is 8.84. The minimum absolute atomic E-state index is 0.00491. The van der Waals surface area contributed by atoms with E-state index in [-0.39, 0.29) is 11.3 Å². The minimum Gasteiger partial charge on any atom is -0.401 e. The fourth-order valence-corrected chi connectivity index (χ4v) is 4.00. The van der Waals surface area contributed by atoms with E-state index in [1.165, 1.54) is 24.6 Å². The van der Waals surface area contributed by atoms with Gasteiger partial charge in [0.1, 0.15) is 17.3 Å². The number of aromatic nitrogens is 2. The third-order valence-corrected chi connectivity index (χ3v) is 5.87. The van der Waals surface area contributed by atoms with Gasteiger partial charge >= 0.3 is 0 Å². The zero-order valence-electron chi connectivity index (χ0n) is 21.6. The Hall–Kier alpha value is -4.19. The molecule has 6 N–H and O–H groups in total. The van der Waals surface area contributed by atoms with Crippen molar-refractivity contribution in [3.05, 3.63) is 88.8 Å². The second kappa shape index (κ2) is 13.2. The molecule has 0 bridgehead atoms. The van der Waals surface area contributed by atoms with Crippen molar-refractivity contribution in [3.63, 3.8) is 0 Å². The van der Waals surface area contributed by atoms with Crippen LogP contribution in [0, 0.1) is 24.5 Å². The number of hydrogen-bond donors (Lipinski definition) is 4. The molecule has 37 heavy (non-hydrogen) atoms. The Bertz CT molecular complexity index is 1210. The lowest BCUT2D eigenvalue weighted by atomic mass is 9.72. The maximum absolute atomic E-state index is 14.2. The highest BCUT2D eigenvalue weighted by Crippen LogP contribution is 2.40. The van der Waals surface area contributed by atoms with E-state index in [9.17, 15) is 8.78 Å². The summed E-state index contributed by atoms with van der Waals surface area (Å²) < 4.78 is 28.3. The molecule has 0 saturated carbocycles. The zero-order chi connectivity index (χ0) is 27.6. The van der Waals surface area contributed by atoms with Gasteiger partial charge in [-0.05, 0) is 50.0 Å². The first-order valence-electron chi connectivity index (χ1n) is 12.0. The summed E-state index contributed by atoms with van der Waals surface area (Å²) in [5.74, 6) is -0.868. The molecule has 0 amide bonds. The van der Waals surface area contributed by atoms with Gasteiger partial charge < -0.3 is 16.9 Å². The van der Waals surface area contributed by atoms with Gasteiger partial charge in [0.2, 0.25) is 0 Å². The van der Waals surface area contributed by atoms with E-state index in [0.717, 1.165) is 24.1 Å². The standard InChI is InChI=1S/C23H25F2N7.C3H8.C2H2/c1-13-10-29-22(32-31-13)18-11-28-12-19(30-18)23(2)8-4-5-14(21(23)27)9-17(26)20-15(24)6-3-7-16(20)25;1-3-2;1-2/h3,6-7,9,11-12,31H,1,4-5,8,10,26-27H2,2H3,(H,29,32);3H2,1-2H3;1-2H/b17-9-;;/t23-;;/m1../s1. The topological polar surface area (TPSA) is 114 Å². The van der Waals surface area contributed by atoms with Crippen molar-refractivity contribution in [3.8, 4) is 12.8 Å². The Labute approximate surface area is 217 Å². The van der Waals surface area contributed by atoms with Crippen LogP contribution >= 0.6 is 0 Å². The van der Waals surface area contributed by atoms with Gasteiger partial charge in [-0.25, -0.2) is 13.8 Å². The first-order chi connectivity index (χ1) is 17.7. The summed E-state index contributed by atoms with van der Waals surface area (Å²) in [5.41, 5.74) is 21.0. The molecule has 2 heterocycles. The fourth-order valence-electron chi connectivity index (χ4n) is 4.00. The maximum atomic E-state index is 14.2. The minimum atomic E-state index is -0.716. The number of benzene rings is 1. The highest BCUT2D eigenvalue weighted by atomic mass is 19.1. The summed E-state index contributed by atoms with van der Waals surface area (Å²) in [6.45, 7) is 10.5. The highest BCUT2D eigenvalue weighted by molar-refractivity contribution is 5.97. The lowest BCUT2D eigenvalue weighted by Gasteiger charge is -2.35. The van der Waals surface area contributed by atoms with Gasteiger partial charge in [-0.3, -0.25) is 15.4 Å². The first-order valence-corrected chi connectivity index (χ1v) is 12.0. The van der Waals surface area contributed by atoms with Crippen LogP contribution in [0.25, 0.3) is 5.70 Å². The van der Waals surface area contributed by atoms with Crippen molar-refractivity contribution < 1.29 is 8.78 Å². The van der Waals surface area contributed by atoms with Gasteiger partial charge in [-0.1, -0.05) is 32.9 Å². The molecule has 1 aromatic heterocycles. The molecule has 7 nitrogen and oxygen atoms in total. The van der Waals surface area contributed by atoms with E-state index in [1.807, 2.05) is 6.92 Å². The summed E-state index contributed by atoms with van der Waals surface area (Å²) in [6, 6.07) is 3.65. The first kappa shape index (κ1) is 29.0. The van der Waals surface area contributed by atoms with Crippen LogP contribution in [0.3, 0.4) is 0 Å². The monoisotopic (exact) mass is 507 g/mol. The van der Waals surface area contributed by atoms with E-state index in [0.29, 0.717) is 35.9 Å². The Kier molecular flexibility index (Phi) is 10.4. The number of hydrogen-bond acceptors (Lipinski definition) is 7. The molecule has 1 atom stereocenters. The van der Waals surface area contributed by atoms with Crippen LogP contribution in [-0.4, -0.2) is 22.3 Å². The van der Waals surface area contributed by atoms with Crippen molar-refractivity contribution in [2.24, 2.45) is 16.5 Å². The summed E-state index contributed by atoms with van der Waals surface area (Å²) in [7, 11) is 0. The van der Waals surface area contributed by atoms with E-state index in [1.54, 1.807) is 18.5 Å². The molecule has 0 fully saturated rings. The Morgan fingerprint density at radius 2 is 1.84 bits per heavy atom. The lowest BCUT2D eigenvalue weighted by molar-refractivity contribution is 0.439. The number of nitrogens with zero attached hydrogens (tertiary/aromatic N) is 3. The zero-order valence-corrected chi connectivity index (χ0v) is 21.6. The van der Waals surface area contributed by atoms with Crippen LogP contribution < -0.4 is 22.3 Å². The number of rotatable bonds is 4. The highest BCUT2D eigenvalue weighted by Gasteiger charge is 2.36. The Balaban J connectivity index is 0.000000898. The SMILES string of the molecule is C#C.C=C1CN=C(c2cncc([C@@]3(C)CCCC(/C=C(\N)c4c(F)cccc4F)=C3N)n2)NN1.CCC. The third kappa shape index (κ3) is 6.73. The number of nitrogens with two attached hydrogens (primary N) is 2. The van der Waals surface area contributed by atoms with E-state index in [4.69, 9.17) is 16.5 Å². The van der Waals surface area contributed by atoms with Gasteiger partial charge in [-0.15, -0.1) is 12.8 Å². The van der Waals surface area contributed by atoms with E-state index in [2.05, 4.69) is 54.1 Å². The molecule has 1 aliphatic heterocycles. The van der Waals surface area contributed by atoms with Crippen LogP contribution in [0.5, 0.6) is 0 Å². The number of halogens is 2. The predicted octanol–water partition coefficient (Wildman–Crippen LogP) is 4.44. The Morgan fingerprint density at radius 3 is 2.43 bits per heavy atom. The quantitative estimate of drug-likeness (QED) is 0.455. The van der Waals surface area contributed by atoms with Crippen LogP contribution in [0.15, 0.2) is 65.2 Å². The van der Waals surface area contributed by atoms with Crippen LogP contribution in [0.2, 0.25) is 0 Å². The van der Waals surface area contributed by atoms with Crippen LogP contribution in [-0.2, 0) is 5.41 Å². The third-order valence-electron chi connectivity index (χ3n) is 5.87. The Morgan fingerprint density at radius 1 is 1.19 bits per heavy atom. The van der Waals surface area contributed by atoms with Crippen LogP contribution in [0.1, 0.15) is 63.4 Å². The summed E-state index contributed by atoms with van der Waals surface area (Å²) >= 11 is 0. The molecule has 2 aliphatic rings. The van der Waals surface area contributed by atoms with Gasteiger partial charge in [0.25, 0.3) is 0 Å². The average molecular weight is 508 g/mol. The molecule has 0 unspecified atom stereocenters. The molecular weight excluding hydrogens is 472 g/mol. The largest absolute Gasteiger partial charge is 0.401 e. The summed E-state index contributed by atoms with van der Waals surface area (Å²) in [4.78, 5) is 13.5.